The molecule has 1 saturated carbocycles. The smallest absolute Gasteiger partial charge is 0.395 e. The standard InChI is InChI=1S/C28H29F8N3O4S/c29-17-9-14(10-18(30)22(17)31)19-11-39(38-37-19)23-20(41)13-44(21(12-40)24(23)42)25(26(43)5-7-27(32,33)8-6-26)15-3-1-2-4-16(15)28(34,35)36/h1-4,9-11,20-21,23-25,40-44H,5-8,12-13H2/t20-,21+,23-,24-,25+/m0/s1. The summed E-state index contributed by atoms with van der Waals surface area (Å²) in [5.74, 6) is -8.18. The summed E-state index contributed by atoms with van der Waals surface area (Å²) < 4.78 is 113. The highest BCUT2D eigenvalue weighted by atomic mass is 32.2. The zero-order valence-corrected chi connectivity index (χ0v) is 23.7. The Hall–Kier alpha value is -2.79. The second kappa shape index (κ2) is 11.9. The maximum atomic E-state index is 14.2. The summed E-state index contributed by atoms with van der Waals surface area (Å²) in [5.41, 5.74) is -3.95. The molecule has 0 spiro atoms. The summed E-state index contributed by atoms with van der Waals surface area (Å²) in [7, 11) is -2.13. The predicted molar refractivity (Wildman–Crippen MR) is 144 cm³/mol. The van der Waals surface area contributed by atoms with Crippen molar-refractivity contribution in [1.29, 1.82) is 0 Å². The molecule has 2 heterocycles. The van der Waals surface area contributed by atoms with Gasteiger partial charge in [-0.15, -0.1) is 5.10 Å². The number of rotatable bonds is 6. The number of aliphatic hydroxyl groups excluding tert-OH is 3. The van der Waals surface area contributed by atoms with Crippen LogP contribution in [0.3, 0.4) is 0 Å². The van der Waals surface area contributed by atoms with Crippen molar-refractivity contribution < 1.29 is 55.5 Å². The Kier molecular flexibility index (Phi) is 8.78. The Bertz CT molecular complexity index is 1470. The van der Waals surface area contributed by atoms with E-state index in [-0.39, 0.29) is 17.0 Å². The van der Waals surface area contributed by atoms with E-state index in [0.717, 1.165) is 29.1 Å². The van der Waals surface area contributed by atoms with Crippen LogP contribution in [-0.4, -0.2) is 76.8 Å². The molecule has 2 aliphatic rings. The fraction of sp³-hybridized carbons (Fsp3) is 0.500. The number of aliphatic hydroxyl groups is 4. The Morgan fingerprint density at radius 1 is 1.00 bits per heavy atom. The van der Waals surface area contributed by atoms with Crippen molar-refractivity contribution in [3.05, 3.63) is 71.2 Å². The third-order valence-corrected chi connectivity index (χ3v) is 12.0. The van der Waals surface area contributed by atoms with Gasteiger partial charge in [-0.25, -0.2) is 37.5 Å². The zero-order chi connectivity index (χ0) is 32.2. The van der Waals surface area contributed by atoms with E-state index in [9.17, 15) is 55.5 Å². The van der Waals surface area contributed by atoms with Gasteiger partial charge in [0.05, 0.1) is 36.2 Å². The SMILES string of the molecule is OC[C@@H]1[C@H](O)[C@@H](n2cc(-c3cc(F)c(F)c(F)c3)nn2)[C@@H](O)C[SH]1[C@H](c1ccccc1C(F)(F)F)C1(O)CCC(F)(F)CC1. The van der Waals surface area contributed by atoms with Crippen LogP contribution in [0.1, 0.15) is 48.1 Å². The maximum Gasteiger partial charge on any atom is 0.416 e. The molecule has 16 heteroatoms. The van der Waals surface area contributed by atoms with Gasteiger partial charge in [-0.2, -0.15) is 13.2 Å². The first-order chi connectivity index (χ1) is 20.6. The minimum Gasteiger partial charge on any atom is -0.395 e. The lowest BCUT2D eigenvalue weighted by molar-refractivity contribution is -0.139. The van der Waals surface area contributed by atoms with Gasteiger partial charge < -0.3 is 20.4 Å². The zero-order valence-electron chi connectivity index (χ0n) is 22.8. The van der Waals surface area contributed by atoms with Crippen molar-refractivity contribution in [1.82, 2.24) is 15.0 Å². The van der Waals surface area contributed by atoms with E-state index >= 15 is 0 Å². The lowest BCUT2D eigenvalue weighted by Crippen LogP contribution is -2.53. The van der Waals surface area contributed by atoms with E-state index < -0.39 is 118 Å². The van der Waals surface area contributed by atoms with Gasteiger partial charge in [0.15, 0.2) is 17.5 Å². The van der Waals surface area contributed by atoms with E-state index in [1.807, 2.05) is 0 Å². The first-order valence-electron chi connectivity index (χ1n) is 13.6. The molecule has 2 fully saturated rings. The monoisotopic (exact) mass is 655 g/mol. The molecule has 7 nitrogen and oxygen atoms in total. The molecule has 3 aromatic rings. The molecule has 0 amide bonds. The number of benzene rings is 2. The first kappa shape index (κ1) is 32.6. The first-order valence-corrected chi connectivity index (χ1v) is 15.3. The molecule has 0 bridgehead atoms. The van der Waals surface area contributed by atoms with Crippen LogP contribution in [0, 0.1) is 17.5 Å². The van der Waals surface area contributed by atoms with Crippen LogP contribution in [0.15, 0.2) is 42.6 Å². The van der Waals surface area contributed by atoms with Gasteiger partial charge in [-0.1, -0.05) is 23.4 Å². The number of hydrogen-bond acceptors (Lipinski definition) is 6. The van der Waals surface area contributed by atoms with Crippen molar-refractivity contribution in [2.24, 2.45) is 0 Å². The molecular formula is C28H29F8N3O4S. The van der Waals surface area contributed by atoms with Crippen LogP contribution in [0.5, 0.6) is 0 Å². The highest BCUT2D eigenvalue weighted by Crippen LogP contribution is 2.62. The van der Waals surface area contributed by atoms with Crippen molar-refractivity contribution >= 4 is 10.9 Å². The Labute approximate surface area is 248 Å². The van der Waals surface area contributed by atoms with Gasteiger partial charge in [0.25, 0.3) is 0 Å². The molecule has 1 aromatic heterocycles. The van der Waals surface area contributed by atoms with Crippen LogP contribution in [0.25, 0.3) is 11.3 Å². The largest absolute Gasteiger partial charge is 0.416 e. The average molecular weight is 656 g/mol. The molecule has 2 aromatic carbocycles. The molecule has 1 saturated heterocycles. The Morgan fingerprint density at radius 2 is 1.61 bits per heavy atom. The quantitative estimate of drug-likeness (QED) is 0.150. The van der Waals surface area contributed by atoms with E-state index in [4.69, 9.17) is 0 Å². The molecule has 1 unspecified atom stereocenters. The number of hydrogen-bond donors (Lipinski definition) is 5. The van der Waals surface area contributed by atoms with Gasteiger partial charge in [-0.05, 0) is 36.6 Å². The molecule has 44 heavy (non-hydrogen) atoms. The van der Waals surface area contributed by atoms with Gasteiger partial charge in [-0.3, -0.25) is 0 Å². The summed E-state index contributed by atoms with van der Waals surface area (Å²) >= 11 is 0. The summed E-state index contributed by atoms with van der Waals surface area (Å²) in [5, 5.41) is 49.8. The van der Waals surface area contributed by atoms with Crippen molar-refractivity contribution in [3.8, 4) is 11.3 Å². The minimum absolute atomic E-state index is 0.162. The highest BCUT2D eigenvalue weighted by molar-refractivity contribution is 8.18. The third-order valence-electron chi connectivity index (χ3n) is 8.49. The molecule has 0 radical (unpaired) electrons. The fourth-order valence-corrected chi connectivity index (χ4v) is 10.1. The maximum absolute atomic E-state index is 14.2. The molecule has 1 aliphatic carbocycles. The summed E-state index contributed by atoms with van der Waals surface area (Å²) in [6.45, 7) is -0.803. The minimum atomic E-state index is -4.89. The Balaban J connectivity index is 1.54. The van der Waals surface area contributed by atoms with E-state index in [1.165, 1.54) is 6.07 Å². The van der Waals surface area contributed by atoms with E-state index in [0.29, 0.717) is 12.1 Å². The highest BCUT2D eigenvalue weighted by Gasteiger charge is 2.55. The van der Waals surface area contributed by atoms with Crippen LogP contribution in [0.2, 0.25) is 0 Å². The van der Waals surface area contributed by atoms with Crippen LogP contribution < -0.4 is 0 Å². The fourth-order valence-electron chi connectivity index (χ4n) is 6.30. The van der Waals surface area contributed by atoms with Crippen molar-refractivity contribution in [3.63, 3.8) is 0 Å². The van der Waals surface area contributed by atoms with Crippen LogP contribution >= 0.6 is 10.9 Å². The van der Waals surface area contributed by atoms with Gasteiger partial charge in [0.1, 0.15) is 11.7 Å². The average Bonchev–Trinajstić information content (AvgIpc) is 3.43. The second-order valence-electron chi connectivity index (χ2n) is 11.3. The molecular weight excluding hydrogens is 626 g/mol. The summed E-state index contributed by atoms with van der Waals surface area (Å²) in [4.78, 5) is 0. The molecule has 242 valence electrons. The van der Waals surface area contributed by atoms with Crippen molar-refractivity contribution in [2.45, 2.75) is 72.1 Å². The number of nitrogens with zero attached hydrogens (tertiary/aromatic N) is 3. The van der Waals surface area contributed by atoms with Gasteiger partial charge in [0.2, 0.25) is 5.92 Å². The van der Waals surface area contributed by atoms with Crippen molar-refractivity contribution in [2.75, 3.05) is 12.4 Å². The van der Waals surface area contributed by atoms with E-state index in [2.05, 4.69) is 10.3 Å². The summed E-state index contributed by atoms with van der Waals surface area (Å²) in [6, 6.07) is 4.33. The molecule has 6 atom stereocenters. The van der Waals surface area contributed by atoms with Crippen LogP contribution in [-0.2, 0) is 6.18 Å². The van der Waals surface area contributed by atoms with Gasteiger partial charge >= 0.3 is 6.18 Å². The number of alkyl halides is 5. The molecule has 4 N–H and O–H groups in total. The second-order valence-corrected chi connectivity index (χ2v) is 13.9. The topological polar surface area (TPSA) is 112 Å². The van der Waals surface area contributed by atoms with Gasteiger partial charge in [0, 0.05) is 34.7 Å². The van der Waals surface area contributed by atoms with Crippen LogP contribution in [0.4, 0.5) is 35.1 Å². The number of aromatic nitrogens is 3. The lowest BCUT2D eigenvalue weighted by Gasteiger charge is -2.53. The summed E-state index contributed by atoms with van der Waals surface area (Å²) in [6.07, 6.45) is -9.72. The number of halogens is 8. The predicted octanol–water partition coefficient (Wildman–Crippen LogP) is 4.70. The molecule has 5 rings (SSSR count). The Morgan fingerprint density at radius 3 is 2.20 bits per heavy atom. The third kappa shape index (κ3) is 6.06. The normalized spacial score (nSPS) is 28.5. The van der Waals surface area contributed by atoms with E-state index in [1.54, 1.807) is 0 Å². The molecule has 1 aliphatic heterocycles. The number of thiol groups is 1. The lowest BCUT2D eigenvalue weighted by atomic mass is 9.77.